The van der Waals surface area contributed by atoms with Crippen molar-refractivity contribution in [3.05, 3.63) is 23.8 Å². The first kappa shape index (κ1) is 14.7. The Morgan fingerprint density at radius 2 is 1.95 bits per heavy atom. The number of carbonyl (C=O) groups excluding carboxylic acids is 1. The summed E-state index contributed by atoms with van der Waals surface area (Å²) in [7, 11) is 3.12. The minimum Gasteiger partial charge on any atom is -0.497 e. The molecule has 110 valence electrons. The second-order valence-corrected chi connectivity index (χ2v) is 4.91. The number of methoxy groups -OCH3 is 2. The van der Waals surface area contributed by atoms with E-state index in [0.29, 0.717) is 17.1 Å². The van der Waals surface area contributed by atoms with Crippen LogP contribution in [0.2, 0.25) is 0 Å². The fourth-order valence-electron chi connectivity index (χ4n) is 2.32. The van der Waals surface area contributed by atoms with Crippen molar-refractivity contribution in [1.82, 2.24) is 5.32 Å². The number of amides is 1. The molecule has 1 N–H and O–H groups in total. The molecule has 5 heteroatoms. The standard InChI is InChI=1S/C15H21NO4/c1-10(14-5-4-6-20-14)16-15(17)11-7-12(18-2)9-13(8-11)19-3/h7-10,14H,4-6H2,1-3H3,(H,16,17)/t10-,14-/m1/s1. The zero-order chi connectivity index (χ0) is 14.5. The van der Waals surface area contributed by atoms with Gasteiger partial charge in [0, 0.05) is 18.2 Å². The molecule has 1 amide bonds. The molecule has 0 aromatic heterocycles. The molecule has 0 aliphatic carbocycles. The Bertz CT molecular complexity index is 447. The highest BCUT2D eigenvalue weighted by atomic mass is 16.5. The van der Waals surface area contributed by atoms with Gasteiger partial charge in [-0.1, -0.05) is 0 Å². The molecular weight excluding hydrogens is 258 g/mol. The van der Waals surface area contributed by atoms with Gasteiger partial charge in [-0.2, -0.15) is 0 Å². The van der Waals surface area contributed by atoms with Gasteiger partial charge < -0.3 is 19.5 Å². The van der Waals surface area contributed by atoms with E-state index in [0.717, 1.165) is 19.4 Å². The largest absolute Gasteiger partial charge is 0.497 e. The second-order valence-electron chi connectivity index (χ2n) is 4.91. The summed E-state index contributed by atoms with van der Waals surface area (Å²) in [5, 5.41) is 2.97. The summed E-state index contributed by atoms with van der Waals surface area (Å²) in [5.41, 5.74) is 0.519. The van der Waals surface area contributed by atoms with E-state index in [9.17, 15) is 4.79 Å². The van der Waals surface area contributed by atoms with Crippen LogP contribution in [0.25, 0.3) is 0 Å². The van der Waals surface area contributed by atoms with Gasteiger partial charge in [0.1, 0.15) is 11.5 Å². The molecule has 2 atom stereocenters. The molecule has 0 spiro atoms. The van der Waals surface area contributed by atoms with Crippen molar-refractivity contribution in [2.75, 3.05) is 20.8 Å². The monoisotopic (exact) mass is 279 g/mol. The zero-order valence-corrected chi connectivity index (χ0v) is 12.1. The van der Waals surface area contributed by atoms with Crippen molar-refractivity contribution < 1.29 is 19.0 Å². The molecule has 1 heterocycles. The predicted octanol–water partition coefficient (Wildman–Crippen LogP) is 2.00. The van der Waals surface area contributed by atoms with Crippen LogP contribution in [0.3, 0.4) is 0 Å². The lowest BCUT2D eigenvalue weighted by Crippen LogP contribution is -2.40. The summed E-state index contributed by atoms with van der Waals surface area (Å²) in [6.45, 7) is 2.74. The molecule has 0 unspecified atom stereocenters. The Labute approximate surface area is 119 Å². The summed E-state index contributed by atoms with van der Waals surface area (Å²) >= 11 is 0. The fraction of sp³-hybridized carbons (Fsp3) is 0.533. The van der Waals surface area contributed by atoms with Crippen LogP contribution in [0.4, 0.5) is 0 Å². The van der Waals surface area contributed by atoms with Crippen molar-refractivity contribution in [1.29, 1.82) is 0 Å². The Morgan fingerprint density at radius 1 is 1.30 bits per heavy atom. The third-order valence-corrected chi connectivity index (χ3v) is 3.49. The van der Waals surface area contributed by atoms with Crippen LogP contribution in [-0.2, 0) is 4.74 Å². The lowest BCUT2D eigenvalue weighted by Gasteiger charge is -2.20. The molecule has 1 aromatic carbocycles. The summed E-state index contributed by atoms with van der Waals surface area (Å²) in [6.07, 6.45) is 2.15. The van der Waals surface area contributed by atoms with Crippen molar-refractivity contribution in [2.24, 2.45) is 0 Å². The summed E-state index contributed by atoms with van der Waals surface area (Å²) < 4.78 is 15.9. The minimum absolute atomic E-state index is 0.0119. The molecule has 1 aromatic rings. The number of nitrogens with one attached hydrogen (secondary N) is 1. The second kappa shape index (κ2) is 6.61. The maximum atomic E-state index is 12.3. The van der Waals surface area contributed by atoms with Crippen LogP contribution >= 0.6 is 0 Å². The molecule has 0 saturated carbocycles. The average Bonchev–Trinajstić information content (AvgIpc) is 3.00. The Kier molecular flexibility index (Phi) is 4.84. The average molecular weight is 279 g/mol. The van der Waals surface area contributed by atoms with E-state index >= 15 is 0 Å². The third kappa shape index (κ3) is 3.42. The van der Waals surface area contributed by atoms with Gasteiger partial charge >= 0.3 is 0 Å². The summed E-state index contributed by atoms with van der Waals surface area (Å²) in [5.74, 6) is 1.05. The van der Waals surface area contributed by atoms with Crippen molar-refractivity contribution >= 4 is 5.91 Å². The van der Waals surface area contributed by atoms with E-state index in [4.69, 9.17) is 14.2 Å². The minimum atomic E-state index is -0.148. The van der Waals surface area contributed by atoms with Gasteiger partial charge in [0.25, 0.3) is 5.91 Å². The van der Waals surface area contributed by atoms with Gasteiger partial charge in [0.05, 0.1) is 26.4 Å². The number of benzene rings is 1. The molecule has 1 aliphatic rings. The van der Waals surface area contributed by atoms with Gasteiger partial charge in [-0.15, -0.1) is 0 Å². The number of ether oxygens (including phenoxy) is 3. The number of hydrogen-bond acceptors (Lipinski definition) is 4. The molecule has 20 heavy (non-hydrogen) atoms. The maximum Gasteiger partial charge on any atom is 0.251 e. The van der Waals surface area contributed by atoms with Crippen LogP contribution in [-0.4, -0.2) is 38.9 Å². The van der Waals surface area contributed by atoms with E-state index in [1.165, 1.54) is 0 Å². The van der Waals surface area contributed by atoms with Crippen LogP contribution < -0.4 is 14.8 Å². The van der Waals surface area contributed by atoms with Crippen LogP contribution in [0.1, 0.15) is 30.1 Å². The number of rotatable bonds is 5. The quantitative estimate of drug-likeness (QED) is 0.895. The lowest BCUT2D eigenvalue weighted by molar-refractivity contribution is 0.0712. The Hall–Kier alpha value is -1.75. The van der Waals surface area contributed by atoms with Crippen molar-refractivity contribution in [2.45, 2.75) is 31.9 Å². The Morgan fingerprint density at radius 3 is 2.45 bits per heavy atom. The highest BCUT2D eigenvalue weighted by molar-refractivity contribution is 5.95. The normalized spacial score (nSPS) is 19.4. The Balaban J connectivity index is 2.07. The van der Waals surface area contributed by atoms with Gasteiger partial charge in [-0.05, 0) is 31.9 Å². The van der Waals surface area contributed by atoms with E-state index in [1.54, 1.807) is 32.4 Å². The number of carbonyl (C=O) groups is 1. The maximum absolute atomic E-state index is 12.3. The first-order valence-electron chi connectivity index (χ1n) is 6.79. The van der Waals surface area contributed by atoms with Gasteiger partial charge in [-0.3, -0.25) is 4.79 Å². The van der Waals surface area contributed by atoms with Crippen LogP contribution in [0, 0.1) is 0 Å². The molecular formula is C15H21NO4. The first-order chi connectivity index (χ1) is 9.63. The fourth-order valence-corrected chi connectivity index (χ4v) is 2.32. The summed E-state index contributed by atoms with van der Waals surface area (Å²) in [6, 6.07) is 5.11. The molecule has 2 rings (SSSR count). The van der Waals surface area contributed by atoms with Gasteiger partial charge in [0.2, 0.25) is 0 Å². The third-order valence-electron chi connectivity index (χ3n) is 3.49. The molecule has 0 bridgehead atoms. The first-order valence-corrected chi connectivity index (χ1v) is 6.79. The zero-order valence-electron chi connectivity index (χ0n) is 12.1. The van der Waals surface area contributed by atoms with Crippen LogP contribution in [0.15, 0.2) is 18.2 Å². The van der Waals surface area contributed by atoms with Gasteiger partial charge in [0.15, 0.2) is 0 Å². The van der Waals surface area contributed by atoms with E-state index < -0.39 is 0 Å². The van der Waals surface area contributed by atoms with E-state index in [2.05, 4.69) is 5.32 Å². The highest BCUT2D eigenvalue weighted by Gasteiger charge is 2.24. The molecule has 1 aliphatic heterocycles. The molecule has 1 saturated heterocycles. The predicted molar refractivity (Wildman–Crippen MR) is 75.4 cm³/mol. The smallest absolute Gasteiger partial charge is 0.251 e. The molecule has 1 fully saturated rings. The molecule has 5 nitrogen and oxygen atoms in total. The van der Waals surface area contributed by atoms with Crippen molar-refractivity contribution in [3.63, 3.8) is 0 Å². The van der Waals surface area contributed by atoms with Crippen molar-refractivity contribution in [3.8, 4) is 11.5 Å². The SMILES string of the molecule is COc1cc(OC)cc(C(=O)N[C@H](C)[C@H]2CCCO2)c1. The van der Waals surface area contributed by atoms with Gasteiger partial charge in [-0.25, -0.2) is 0 Å². The van der Waals surface area contributed by atoms with E-state index in [1.807, 2.05) is 6.92 Å². The topological polar surface area (TPSA) is 56.8 Å². The number of hydrogen-bond donors (Lipinski definition) is 1. The summed E-state index contributed by atoms with van der Waals surface area (Å²) in [4.78, 5) is 12.3. The molecule has 0 radical (unpaired) electrons. The lowest BCUT2D eigenvalue weighted by atomic mass is 10.1. The highest BCUT2D eigenvalue weighted by Crippen LogP contribution is 2.23. The van der Waals surface area contributed by atoms with E-state index in [-0.39, 0.29) is 18.1 Å². The van der Waals surface area contributed by atoms with Crippen LogP contribution in [0.5, 0.6) is 11.5 Å².